The number of allylic oxidation sites excluding steroid dienone is 1. The Labute approximate surface area is 109 Å². The molecule has 0 aromatic rings. The van der Waals surface area contributed by atoms with Crippen LogP contribution in [-0.2, 0) is 9.53 Å². The van der Waals surface area contributed by atoms with Crippen LogP contribution in [0.5, 0.6) is 0 Å². The molecule has 0 heterocycles. The van der Waals surface area contributed by atoms with Crippen LogP contribution in [0.25, 0.3) is 0 Å². The van der Waals surface area contributed by atoms with E-state index in [0.717, 1.165) is 37.7 Å². The van der Waals surface area contributed by atoms with Crippen molar-refractivity contribution >= 4 is 5.97 Å². The van der Waals surface area contributed by atoms with E-state index in [0.29, 0.717) is 0 Å². The zero-order chi connectivity index (χ0) is 13.2. The molecule has 0 aromatic carbocycles. The fraction of sp³-hybridized carbons (Fsp3) is 0.786. The first kappa shape index (κ1) is 15.2. The molecular weight excluding hydrogens is 232 g/mol. The fourth-order valence-electron chi connectivity index (χ4n) is 2.05. The maximum absolute atomic E-state index is 11.8. The molecule has 1 rings (SSSR count). The molecule has 0 spiro atoms. The van der Waals surface area contributed by atoms with Crippen LogP contribution in [-0.4, -0.2) is 35.5 Å². The molecule has 0 amide bonds. The van der Waals surface area contributed by atoms with Crippen molar-refractivity contribution in [2.75, 3.05) is 13.2 Å². The molecule has 2 N–H and O–H groups in total. The Morgan fingerprint density at radius 1 is 1.22 bits per heavy atom. The van der Waals surface area contributed by atoms with Crippen molar-refractivity contribution in [1.82, 2.24) is 0 Å². The van der Waals surface area contributed by atoms with Gasteiger partial charge in [-0.3, -0.25) is 0 Å². The summed E-state index contributed by atoms with van der Waals surface area (Å²) in [6, 6.07) is 0. The summed E-state index contributed by atoms with van der Waals surface area (Å²) in [6.45, 7) is -0.515. The van der Waals surface area contributed by atoms with Crippen molar-refractivity contribution in [3.05, 3.63) is 11.6 Å². The molecule has 4 nitrogen and oxygen atoms in total. The summed E-state index contributed by atoms with van der Waals surface area (Å²) >= 11 is 0. The van der Waals surface area contributed by atoms with Gasteiger partial charge in [0.2, 0.25) is 0 Å². The molecule has 4 heteroatoms. The minimum atomic E-state index is -0.978. The van der Waals surface area contributed by atoms with E-state index < -0.39 is 6.10 Å². The summed E-state index contributed by atoms with van der Waals surface area (Å²) in [5, 5.41) is 17.8. The standard InChI is InChI=1S/C14H24O4/c15-10-13(16)11-18-14(17)12-8-6-4-2-1-3-5-7-9-12/h8,13,15-16H,1-7,9-11H2. The van der Waals surface area contributed by atoms with Gasteiger partial charge in [-0.05, 0) is 25.7 Å². The average molecular weight is 256 g/mol. The fourth-order valence-corrected chi connectivity index (χ4v) is 2.05. The lowest BCUT2D eigenvalue weighted by atomic mass is 10.0. The van der Waals surface area contributed by atoms with Crippen molar-refractivity contribution in [1.29, 1.82) is 0 Å². The number of hydrogen-bond acceptors (Lipinski definition) is 4. The van der Waals surface area contributed by atoms with Crippen LogP contribution in [0.1, 0.15) is 51.4 Å². The van der Waals surface area contributed by atoms with Crippen LogP contribution in [0.2, 0.25) is 0 Å². The third-order valence-corrected chi connectivity index (χ3v) is 3.17. The molecule has 1 aliphatic carbocycles. The molecule has 1 unspecified atom stereocenters. The first-order valence-electron chi connectivity index (χ1n) is 6.89. The molecule has 0 saturated heterocycles. The van der Waals surface area contributed by atoms with Gasteiger partial charge in [0.05, 0.1) is 6.61 Å². The van der Waals surface area contributed by atoms with Crippen LogP contribution in [0.3, 0.4) is 0 Å². The van der Waals surface area contributed by atoms with Gasteiger partial charge in [-0.1, -0.05) is 31.8 Å². The zero-order valence-electron chi connectivity index (χ0n) is 10.9. The van der Waals surface area contributed by atoms with Crippen molar-refractivity contribution in [3.63, 3.8) is 0 Å². The SMILES string of the molecule is O=C(OCC(O)CO)C1=CCCCCCCCC1. The van der Waals surface area contributed by atoms with Gasteiger partial charge in [0.25, 0.3) is 0 Å². The second-order valence-corrected chi connectivity index (χ2v) is 4.82. The number of aliphatic hydroxyl groups is 2. The predicted octanol–water partition coefficient (Wildman–Crippen LogP) is 1.94. The lowest BCUT2D eigenvalue weighted by Crippen LogP contribution is -2.22. The summed E-state index contributed by atoms with van der Waals surface area (Å²) in [7, 11) is 0. The Morgan fingerprint density at radius 3 is 2.61 bits per heavy atom. The van der Waals surface area contributed by atoms with E-state index >= 15 is 0 Å². The van der Waals surface area contributed by atoms with Gasteiger partial charge in [-0.15, -0.1) is 0 Å². The lowest BCUT2D eigenvalue weighted by molar-refractivity contribution is -0.142. The van der Waals surface area contributed by atoms with Gasteiger partial charge in [-0.2, -0.15) is 0 Å². The molecule has 0 radical (unpaired) electrons. The summed E-state index contributed by atoms with van der Waals surface area (Å²) in [6.07, 6.45) is 9.72. The minimum Gasteiger partial charge on any atom is -0.459 e. The van der Waals surface area contributed by atoms with Crippen molar-refractivity contribution < 1.29 is 19.7 Å². The van der Waals surface area contributed by atoms with Gasteiger partial charge >= 0.3 is 5.97 Å². The summed E-state index contributed by atoms with van der Waals surface area (Å²) in [5.41, 5.74) is 0.724. The molecule has 18 heavy (non-hydrogen) atoms. The van der Waals surface area contributed by atoms with Crippen molar-refractivity contribution in [2.24, 2.45) is 0 Å². The topological polar surface area (TPSA) is 66.8 Å². The third kappa shape index (κ3) is 6.17. The number of rotatable bonds is 4. The van der Waals surface area contributed by atoms with Gasteiger partial charge in [-0.25, -0.2) is 4.79 Å². The van der Waals surface area contributed by atoms with E-state index in [9.17, 15) is 4.79 Å². The second kappa shape index (κ2) is 9.11. The van der Waals surface area contributed by atoms with E-state index in [-0.39, 0.29) is 19.2 Å². The maximum Gasteiger partial charge on any atom is 0.333 e. The molecule has 1 atom stereocenters. The van der Waals surface area contributed by atoms with Crippen LogP contribution in [0, 0.1) is 0 Å². The number of esters is 1. The van der Waals surface area contributed by atoms with Crippen LogP contribution < -0.4 is 0 Å². The molecule has 0 aliphatic heterocycles. The summed E-state index contributed by atoms with van der Waals surface area (Å²) in [4.78, 5) is 11.8. The maximum atomic E-state index is 11.8. The molecule has 0 saturated carbocycles. The van der Waals surface area contributed by atoms with Gasteiger partial charge in [0.1, 0.15) is 12.7 Å². The Bertz CT molecular complexity index is 273. The van der Waals surface area contributed by atoms with Gasteiger partial charge < -0.3 is 14.9 Å². The summed E-state index contributed by atoms with van der Waals surface area (Å²) in [5.74, 6) is -0.344. The number of ether oxygens (including phenoxy) is 1. The highest BCUT2D eigenvalue weighted by atomic mass is 16.5. The highest BCUT2D eigenvalue weighted by Gasteiger charge is 2.13. The van der Waals surface area contributed by atoms with Gasteiger partial charge in [0, 0.05) is 5.57 Å². The molecular formula is C14H24O4. The number of carbonyl (C=O) groups excluding carboxylic acids is 1. The van der Waals surface area contributed by atoms with Gasteiger partial charge in [0.15, 0.2) is 0 Å². The Morgan fingerprint density at radius 2 is 1.89 bits per heavy atom. The number of carbonyl (C=O) groups is 1. The Hall–Kier alpha value is -0.870. The van der Waals surface area contributed by atoms with E-state index in [1.165, 1.54) is 19.3 Å². The highest BCUT2D eigenvalue weighted by Crippen LogP contribution is 2.17. The van der Waals surface area contributed by atoms with Crippen LogP contribution in [0.15, 0.2) is 11.6 Å². The first-order valence-corrected chi connectivity index (χ1v) is 6.89. The zero-order valence-corrected chi connectivity index (χ0v) is 10.9. The average Bonchev–Trinajstić information content (AvgIpc) is 2.41. The van der Waals surface area contributed by atoms with E-state index in [4.69, 9.17) is 14.9 Å². The minimum absolute atomic E-state index is 0.132. The molecule has 0 fully saturated rings. The van der Waals surface area contributed by atoms with Crippen LogP contribution in [0.4, 0.5) is 0 Å². The predicted molar refractivity (Wildman–Crippen MR) is 69.1 cm³/mol. The third-order valence-electron chi connectivity index (χ3n) is 3.17. The largest absolute Gasteiger partial charge is 0.459 e. The highest BCUT2D eigenvalue weighted by molar-refractivity contribution is 5.88. The van der Waals surface area contributed by atoms with E-state index in [2.05, 4.69) is 0 Å². The number of aliphatic hydroxyl groups excluding tert-OH is 2. The normalized spacial score (nSPS) is 19.8. The van der Waals surface area contributed by atoms with Crippen molar-refractivity contribution in [2.45, 2.75) is 57.5 Å². The number of hydrogen-bond donors (Lipinski definition) is 2. The monoisotopic (exact) mass is 256 g/mol. The summed E-state index contributed by atoms with van der Waals surface area (Å²) < 4.78 is 4.99. The molecule has 0 bridgehead atoms. The van der Waals surface area contributed by atoms with E-state index in [1.807, 2.05) is 6.08 Å². The first-order chi connectivity index (χ1) is 8.74. The molecule has 1 aliphatic rings. The second-order valence-electron chi connectivity index (χ2n) is 4.82. The Balaban J connectivity index is 2.43. The van der Waals surface area contributed by atoms with Crippen LogP contribution >= 0.6 is 0 Å². The quantitative estimate of drug-likeness (QED) is 0.754. The van der Waals surface area contributed by atoms with E-state index in [1.54, 1.807) is 0 Å². The smallest absolute Gasteiger partial charge is 0.333 e. The lowest BCUT2D eigenvalue weighted by Gasteiger charge is -2.12. The Kier molecular flexibility index (Phi) is 7.69. The molecule has 0 aromatic heterocycles. The molecule has 104 valence electrons. The van der Waals surface area contributed by atoms with Crippen molar-refractivity contribution in [3.8, 4) is 0 Å².